The van der Waals surface area contributed by atoms with Crippen molar-refractivity contribution in [1.82, 2.24) is 4.90 Å². The zero-order valence-corrected chi connectivity index (χ0v) is 18.6. The zero-order chi connectivity index (χ0) is 21.7. The van der Waals surface area contributed by atoms with Crippen LogP contribution in [0, 0.1) is 6.92 Å². The molecule has 0 aromatic heterocycles. The molecule has 1 heterocycles. The number of aryl methyl sites for hydroxylation is 1. The molecule has 0 aliphatic carbocycles. The number of carbonyl (C=O) groups excluding carboxylic acids is 2. The Labute approximate surface area is 181 Å². The molecule has 2 aromatic carbocycles. The van der Waals surface area contributed by atoms with Gasteiger partial charge < -0.3 is 10.2 Å². The maximum atomic E-state index is 12.6. The summed E-state index contributed by atoms with van der Waals surface area (Å²) in [5.74, 6) is 1.74. The van der Waals surface area contributed by atoms with Crippen LogP contribution in [0.5, 0.6) is 0 Å². The molecule has 9 heteroatoms. The number of anilines is 2. The normalized spacial score (nSPS) is 14.3. The predicted octanol–water partition coefficient (Wildman–Crippen LogP) is 2.74. The SMILES string of the molecule is Cc1ccc(C(=O)Nc2ccc(CC(=O)N3CCSCC3)cc2)cc1NS(C)(=O)=O. The minimum atomic E-state index is -3.44. The third-order valence-corrected chi connectivity index (χ3v) is 6.26. The number of benzene rings is 2. The number of amides is 2. The Balaban J connectivity index is 1.63. The summed E-state index contributed by atoms with van der Waals surface area (Å²) in [6, 6.07) is 12.0. The summed E-state index contributed by atoms with van der Waals surface area (Å²) in [5.41, 5.74) is 2.93. The highest BCUT2D eigenvalue weighted by Crippen LogP contribution is 2.20. The quantitative estimate of drug-likeness (QED) is 0.710. The summed E-state index contributed by atoms with van der Waals surface area (Å²) < 4.78 is 25.4. The van der Waals surface area contributed by atoms with Gasteiger partial charge in [0.05, 0.1) is 18.4 Å². The Kier molecular flexibility index (Phi) is 7.04. The molecule has 3 rings (SSSR count). The van der Waals surface area contributed by atoms with Crippen LogP contribution in [0.2, 0.25) is 0 Å². The third kappa shape index (κ3) is 6.24. The maximum absolute atomic E-state index is 12.6. The van der Waals surface area contributed by atoms with Crippen molar-refractivity contribution in [1.29, 1.82) is 0 Å². The third-order valence-electron chi connectivity index (χ3n) is 4.73. The minimum absolute atomic E-state index is 0.123. The fourth-order valence-corrected chi connectivity index (χ4v) is 4.60. The summed E-state index contributed by atoms with van der Waals surface area (Å²) in [7, 11) is -3.44. The van der Waals surface area contributed by atoms with Crippen LogP contribution in [0.3, 0.4) is 0 Å². The van der Waals surface area contributed by atoms with Gasteiger partial charge in [0.1, 0.15) is 0 Å². The number of nitrogens with one attached hydrogen (secondary N) is 2. The Morgan fingerprint density at radius 2 is 1.73 bits per heavy atom. The van der Waals surface area contributed by atoms with Gasteiger partial charge in [-0.15, -0.1) is 0 Å². The van der Waals surface area contributed by atoms with Gasteiger partial charge >= 0.3 is 0 Å². The van der Waals surface area contributed by atoms with E-state index in [4.69, 9.17) is 0 Å². The lowest BCUT2D eigenvalue weighted by molar-refractivity contribution is -0.130. The molecule has 1 aliphatic rings. The predicted molar refractivity (Wildman–Crippen MR) is 122 cm³/mol. The van der Waals surface area contributed by atoms with E-state index in [1.807, 2.05) is 28.8 Å². The standard InChI is InChI=1S/C21H25N3O4S2/c1-15-3-6-17(14-19(15)23-30(2,27)28)21(26)22-18-7-4-16(5-8-18)13-20(25)24-9-11-29-12-10-24/h3-8,14,23H,9-13H2,1-2H3,(H,22,26). The van der Waals surface area contributed by atoms with Crippen LogP contribution in [0.1, 0.15) is 21.5 Å². The first-order valence-electron chi connectivity index (χ1n) is 9.55. The van der Waals surface area contributed by atoms with E-state index in [1.165, 1.54) is 6.07 Å². The molecular formula is C21H25N3O4S2. The summed E-state index contributed by atoms with van der Waals surface area (Å²) >= 11 is 1.86. The molecule has 1 saturated heterocycles. The Hall–Kier alpha value is -2.52. The smallest absolute Gasteiger partial charge is 0.255 e. The van der Waals surface area contributed by atoms with Gasteiger partial charge in [-0.1, -0.05) is 18.2 Å². The molecule has 0 spiro atoms. The van der Waals surface area contributed by atoms with Crippen molar-refractivity contribution in [3.8, 4) is 0 Å². The molecule has 0 bridgehead atoms. The first kappa shape index (κ1) is 22.2. The van der Waals surface area contributed by atoms with Gasteiger partial charge in [-0.2, -0.15) is 11.8 Å². The first-order valence-corrected chi connectivity index (χ1v) is 12.6. The van der Waals surface area contributed by atoms with Gasteiger partial charge in [-0.25, -0.2) is 8.42 Å². The molecule has 2 N–H and O–H groups in total. The number of sulfonamides is 1. The fourth-order valence-electron chi connectivity index (χ4n) is 3.08. The lowest BCUT2D eigenvalue weighted by atomic mass is 10.1. The highest BCUT2D eigenvalue weighted by molar-refractivity contribution is 7.99. The van der Waals surface area contributed by atoms with E-state index >= 15 is 0 Å². The molecular weight excluding hydrogens is 422 g/mol. The van der Waals surface area contributed by atoms with E-state index in [2.05, 4.69) is 10.0 Å². The van der Waals surface area contributed by atoms with Crippen LogP contribution < -0.4 is 10.0 Å². The number of carbonyl (C=O) groups is 2. The van der Waals surface area contributed by atoms with Crippen molar-refractivity contribution in [2.75, 3.05) is 40.9 Å². The van der Waals surface area contributed by atoms with Crippen LogP contribution in [-0.2, 0) is 21.2 Å². The van der Waals surface area contributed by atoms with Gasteiger partial charge in [-0.05, 0) is 42.3 Å². The average molecular weight is 448 g/mol. The van der Waals surface area contributed by atoms with Crippen molar-refractivity contribution in [3.05, 3.63) is 59.2 Å². The van der Waals surface area contributed by atoms with Crippen molar-refractivity contribution in [3.63, 3.8) is 0 Å². The van der Waals surface area contributed by atoms with Crippen LogP contribution in [0.4, 0.5) is 11.4 Å². The molecule has 0 radical (unpaired) electrons. The monoisotopic (exact) mass is 447 g/mol. The highest BCUT2D eigenvalue weighted by Gasteiger charge is 2.17. The summed E-state index contributed by atoms with van der Waals surface area (Å²) in [6.45, 7) is 3.35. The molecule has 0 unspecified atom stereocenters. The van der Waals surface area contributed by atoms with Crippen LogP contribution in [0.15, 0.2) is 42.5 Å². The van der Waals surface area contributed by atoms with Gasteiger partial charge in [0.15, 0.2) is 0 Å². The second kappa shape index (κ2) is 9.53. The van der Waals surface area contributed by atoms with Gasteiger partial charge in [-0.3, -0.25) is 14.3 Å². The van der Waals surface area contributed by atoms with Crippen LogP contribution in [-0.4, -0.2) is 56.0 Å². The number of rotatable bonds is 6. The van der Waals surface area contributed by atoms with Crippen molar-refractivity contribution < 1.29 is 18.0 Å². The molecule has 2 amide bonds. The average Bonchev–Trinajstić information content (AvgIpc) is 2.70. The Morgan fingerprint density at radius 3 is 2.37 bits per heavy atom. The van der Waals surface area contributed by atoms with E-state index in [0.717, 1.165) is 42.0 Å². The summed E-state index contributed by atoms with van der Waals surface area (Å²) in [4.78, 5) is 26.8. The van der Waals surface area contributed by atoms with Crippen molar-refractivity contribution in [2.45, 2.75) is 13.3 Å². The Bertz CT molecular complexity index is 1030. The molecule has 1 fully saturated rings. The molecule has 0 atom stereocenters. The molecule has 2 aromatic rings. The molecule has 1 aliphatic heterocycles. The van der Waals surface area contributed by atoms with Gasteiger partial charge in [0, 0.05) is 35.8 Å². The summed E-state index contributed by atoms with van der Waals surface area (Å²) in [6.07, 6.45) is 1.41. The van der Waals surface area contributed by atoms with Gasteiger partial charge in [0.2, 0.25) is 15.9 Å². The number of hydrogen-bond acceptors (Lipinski definition) is 5. The van der Waals surface area contributed by atoms with Crippen molar-refractivity contribution >= 4 is 45.0 Å². The fraction of sp³-hybridized carbons (Fsp3) is 0.333. The van der Waals surface area contributed by atoms with E-state index in [0.29, 0.717) is 23.4 Å². The number of nitrogens with zero attached hydrogens (tertiary/aromatic N) is 1. The zero-order valence-electron chi connectivity index (χ0n) is 17.0. The first-order chi connectivity index (χ1) is 14.2. The van der Waals surface area contributed by atoms with Crippen molar-refractivity contribution in [2.24, 2.45) is 0 Å². The number of thioether (sulfide) groups is 1. The molecule has 0 saturated carbocycles. The lowest BCUT2D eigenvalue weighted by Crippen LogP contribution is -2.38. The maximum Gasteiger partial charge on any atom is 0.255 e. The number of hydrogen-bond donors (Lipinski definition) is 2. The van der Waals surface area contributed by atoms with E-state index in [9.17, 15) is 18.0 Å². The van der Waals surface area contributed by atoms with E-state index in [1.54, 1.807) is 31.2 Å². The van der Waals surface area contributed by atoms with E-state index in [-0.39, 0.29) is 11.8 Å². The molecule has 7 nitrogen and oxygen atoms in total. The Morgan fingerprint density at radius 1 is 1.07 bits per heavy atom. The largest absolute Gasteiger partial charge is 0.341 e. The minimum Gasteiger partial charge on any atom is -0.341 e. The molecule has 30 heavy (non-hydrogen) atoms. The van der Waals surface area contributed by atoms with Gasteiger partial charge in [0.25, 0.3) is 5.91 Å². The van der Waals surface area contributed by atoms with Crippen LogP contribution >= 0.6 is 11.8 Å². The summed E-state index contributed by atoms with van der Waals surface area (Å²) in [5, 5.41) is 2.80. The second-order valence-electron chi connectivity index (χ2n) is 7.22. The lowest BCUT2D eigenvalue weighted by Gasteiger charge is -2.26. The highest BCUT2D eigenvalue weighted by atomic mass is 32.2. The second-order valence-corrected chi connectivity index (χ2v) is 10.2. The van der Waals surface area contributed by atoms with E-state index < -0.39 is 10.0 Å². The topological polar surface area (TPSA) is 95.6 Å². The van der Waals surface area contributed by atoms with Crippen LogP contribution in [0.25, 0.3) is 0 Å². The molecule has 160 valence electrons.